The second-order valence-electron chi connectivity index (χ2n) is 3.56. The molecule has 0 N–H and O–H groups in total. The van der Waals surface area contributed by atoms with Gasteiger partial charge in [0.2, 0.25) is 0 Å². The fourth-order valence-electron chi connectivity index (χ4n) is 1.53. The minimum atomic E-state index is 0.0978. The average molecular weight is 439 g/mol. The monoisotopic (exact) mass is 436 g/mol. The SMILES string of the molecule is Clc1c(Br)cccc1C(Br)c1ccc(Br)cc1. The summed E-state index contributed by atoms with van der Waals surface area (Å²) in [6.45, 7) is 0. The maximum atomic E-state index is 6.28. The Hall–Kier alpha value is 0.170. The van der Waals surface area contributed by atoms with Crippen LogP contribution in [-0.4, -0.2) is 0 Å². The number of halogens is 4. The van der Waals surface area contributed by atoms with E-state index in [0.29, 0.717) is 0 Å². The fraction of sp³-hybridized carbons (Fsp3) is 0.0769. The Morgan fingerprint density at radius 1 is 0.941 bits per heavy atom. The summed E-state index contributed by atoms with van der Waals surface area (Å²) in [5.74, 6) is 0. The van der Waals surface area contributed by atoms with Gasteiger partial charge in [0, 0.05) is 8.95 Å². The highest BCUT2D eigenvalue weighted by Crippen LogP contribution is 2.38. The van der Waals surface area contributed by atoms with E-state index >= 15 is 0 Å². The van der Waals surface area contributed by atoms with Gasteiger partial charge in [-0.1, -0.05) is 67.7 Å². The summed E-state index contributed by atoms with van der Waals surface area (Å²) < 4.78 is 1.99. The number of alkyl halides is 1. The molecular weight excluding hydrogens is 431 g/mol. The first kappa shape index (κ1) is 13.6. The molecule has 17 heavy (non-hydrogen) atoms. The van der Waals surface area contributed by atoms with Gasteiger partial charge in [-0.15, -0.1) is 0 Å². The lowest BCUT2D eigenvalue weighted by Crippen LogP contribution is -1.94. The lowest BCUT2D eigenvalue weighted by molar-refractivity contribution is 1.17. The summed E-state index contributed by atoms with van der Waals surface area (Å²) in [4.78, 5) is 0.0978. The van der Waals surface area contributed by atoms with Crippen LogP contribution in [0.3, 0.4) is 0 Å². The van der Waals surface area contributed by atoms with Gasteiger partial charge in [-0.05, 0) is 45.3 Å². The number of hydrogen-bond donors (Lipinski definition) is 0. The van der Waals surface area contributed by atoms with Crippen LogP contribution < -0.4 is 0 Å². The summed E-state index contributed by atoms with van der Waals surface area (Å²) in [5.41, 5.74) is 2.23. The lowest BCUT2D eigenvalue weighted by atomic mass is 10.1. The highest BCUT2D eigenvalue weighted by Gasteiger charge is 2.14. The van der Waals surface area contributed by atoms with E-state index in [-0.39, 0.29) is 4.83 Å². The molecule has 0 saturated carbocycles. The van der Waals surface area contributed by atoms with Gasteiger partial charge < -0.3 is 0 Å². The quantitative estimate of drug-likeness (QED) is 0.479. The van der Waals surface area contributed by atoms with Crippen LogP contribution in [-0.2, 0) is 0 Å². The average Bonchev–Trinajstić information content (AvgIpc) is 2.33. The smallest absolute Gasteiger partial charge is 0.0659 e. The molecule has 0 amide bonds. The topological polar surface area (TPSA) is 0 Å². The maximum Gasteiger partial charge on any atom is 0.0659 e. The first-order valence-corrected chi connectivity index (χ1v) is 7.81. The van der Waals surface area contributed by atoms with Gasteiger partial charge in [0.1, 0.15) is 0 Å². The van der Waals surface area contributed by atoms with Crippen molar-refractivity contribution in [2.24, 2.45) is 0 Å². The van der Waals surface area contributed by atoms with Crippen LogP contribution in [0.15, 0.2) is 51.4 Å². The Labute approximate surface area is 131 Å². The number of rotatable bonds is 2. The Bertz CT molecular complexity index is 523. The number of hydrogen-bond acceptors (Lipinski definition) is 0. The van der Waals surface area contributed by atoms with Crippen molar-refractivity contribution in [3.8, 4) is 0 Å². The molecule has 0 aliphatic heterocycles. The molecule has 0 aliphatic rings. The Morgan fingerprint density at radius 2 is 1.59 bits per heavy atom. The van der Waals surface area contributed by atoms with Crippen molar-refractivity contribution in [1.82, 2.24) is 0 Å². The van der Waals surface area contributed by atoms with Crippen LogP contribution in [0.5, 0.6) is 0 Å². The van der Waals surface area contributed by atoms with E-state index in [1.165, 1.54) is 5.56 Å². The van der Waals surface area contributed by atoms with E-state index in [1.54, 1.807) is 0 Å². The summed E-state index contributed by atoms with van der Waals surface area (Å²) in [7, 11) is 0. The number of benzene rings is 2. The molecule has 1 atom stereocenters. The van der Waals surface area contributed by atoms with E-state index < -0.39 is 0 Å². The van der Waals surface area contributed by atoms with Crippen molar-refractivity contribution in [3.05, 3.63) is 67.6 Å². The van der Waals surface area contributed by atoms with Gasteiger partial charge in [-0.3, -0.25) is 0 Å². The van der Waals surface area contributed by atoms with Crippen molar-refractivity contribution in [3.63, 3.8) is 0 Å². The summed E-state index contributed by atoms with van der Waals surface area (Å²) in [6, 6.07) is 14.1. The van der Waals surface area contributed by atoms with Crippen molar-refractivity contribution in [2.45, 2.75) is 4.83 Å². The van der Waals surface area contributed by atoms with Crippen LogP contribution in [0, 0.1) is 0 Å². The molecule has 2 aromatic carbocycles. The van der Waals surface area contributed by atoms with E-state index in [0.717, 1.165) is 19.5 Å². The summed E-state index contributed by atoms with van der Waals surface area (Å²) in [5, 5.41) is 0.747. The van der Waals surface area contributed by atoms with Crippen molar-refractivity contribution < 1.29 is 0 Å². The predicted octanol–water partition coefficient (Wildman–Crippen LogP) is 6.35. The van der Waals surface area contributed by atoms with Crippen LogP contribution in [0.25, 0.3) is 0 Å². The molecular formula is C13H8Br3Cl. The van der Waals surface area contributed by atoms with E-state index in [1.807, 2.05) is 30.3 Å². The van der Waals surface area contributed by atoms with Gasteiger partial charge in [0.05, 0.1) is 9.85 Å². The van der Waals surface area contributed by atoms with E-state index in [9.17, 15) is 0 Å². The minimum absolute atomic E-state index is 0.0978. The maximum absolute atomic E-state index is 6.28. The molecule has 0 aliphatic carbocycles. The van der Waals surface area contributed by atoms with Crippen LogP contribution in [0.4, 0.5) is 0 Å². The highest BCUT2D eigenvalue weighted by molar-refractivity contribution is 9.11. The molecule has 0 bridgehead atoms. The molecule has 2 aromatic rings. The zero-order chi connectivity index (χ0) is 12.4. The minimum Gasteiger partial charge on any atom is -0.0827 e. The van der Waals surface area contributed by atoms with E-state index in [4.69, 9.17) is 11.6 Å². The van der Waals surface area contributed by atoms with Gasteiger partial charge in [-0.25, -0.2) is 0 Å². The molecule has 4 heteroatoms. The summed E-state index contributed by atoms with van der Waals surface area (Å²) in [6.07, 6.45) is 0. The van der Waals surface area contributed by atoms with Crippen molar-refractivity contribution in [1.29, 1.82) is 0 Å². The predicted molar refractivity (Wildman–Crippen MR) is 84.1 cm³/mol. The molecule has 2 rings (SSSR count). The molecule has 0 spiro atoms. The molecule has 88 valence electrons. The molecule has 0 saturated heterocycles. The molecule has 0 radical (unpaired) electrons. The molecule has 0 aromatic heterocycles. The third kappa shape index (κ3) is 3.14. The van der Waals surface area contributed by atoms with Gasteiger partial charge >= 0.3 is 0 Å². The van der Waals surface area contributed by atoms with Gasteiger partial charge in [0.25, 0.3) is 0 Å². The third-order valence-electron chi connectivity index (χ3n) is 2.42. The van der Waals surface area contributed by atoms with Crippen LogP contribution in [0.1, 0.15) is 16.0 Å². The Balaban J connectivity index is 2.40. The molecule has 0 fully saturated rings. The Kier molecular flexibility index (Phi) is 4.70. The summed E-state index contributed by atoms with van der Waals surface area (Å²) >= 11 is 16.8. The normalized spacial score (nSPS) is 12.5. The first-order chi connectivity index (χ1) is 8.09. The molecule has 0 heterocycles. The standard InChI is InChI=1S/C13H8Br3Cl/c14-9-6-4-8(5-7-9)12(16)10-2-1-3-11(15)13(10)17/h1-7,12H. The second kappa shape index (κ2) is 5.87. The van der Waals surface area contributed by atoms with E-state index in [2.05, 4.69) is 59.9 Å². The largest absolute Gasteiger partial charge is 0.0827 e. The highest BCUT2D eigenvalue weighted by atomic mass is 79.9. The zero-order valence-corrected chi connectivity index (χ0v) is 14.1. The third-order valence-corrected chi connectivity index (χ3v) is 5.28. The van der Waals surface area contributed by atoms with Crippen molar-refractivity contribution in [2.75, 3.05) is 0 Å². The van der Waals surface area contributed by atoms with Gasteiger partial charge in [-0.2, -0.15) is 0 Å². The lowest BCUT2D eigenvalue weighted by Gasteiger charge is -2.13. The van der Waals surface area contributed by atoms with Crippen LogP contribution in [0.2, 0.25) is 5.02 Å². The van der Waals surface area contributed by atoms with Gasteiger partial charge in [0.15, 0.2) is 0 Å². The molecule has 0 nitrogen and oxygen atoms in total. The first-order valence-electron chi connectivity index (χ1n) is 4.93. The van der Waals surface area contributed by atoms with Crippen molar-refractivity contribution >= 4 is 59.4 Å². The van der Waals surface area contributed by atoms with Crippen LogP contribution >= 0.6 is 59.4 Å². The second-order valence-corrected chi connectivity index (χ2v) is 6.62. The zero-order valence-electron chi connectivity index (χ0n) is 8.63. The molecule has 1 unspecified atom stereocenters. The fourth-order valence-corrected chi connectivity index (χ4v) is 3.23. The Morgan fingerprint density at radius 3 is 2.24 bits per heavy atom.